The van der Waals surface area contributed by atoms with Gasteiger partial charge in [-0.3, -0.25) is 4.79 Å². The van der Waals surface area contributed by atoms with Gasteiger partial charge in [0.15, 0.2) is 0 Å². The Hall–Kier alpha value is -2.70. The molecule has 0 atom stereocenters. The molecule has 0 aliphatic rings. The zero-order valence-electron chi connectivity index (χ0n) is 12.0. The van der Waals surface area contributed by atoms with Gasteiger partial charge in [0, 0.05) is 11.1 Å². The zero-order chi connectivity index (χ0) is 17.0. The summed E-state index contributed by atoms with van der Waals surface area (Å²) in [6.45, 7) is 1.56. The smallest absolute Gasteiger partial charge is 0.267 e. The van der Waals surface area contributed by atoms with Gasteiger partial charge < -0.3 is 0 Å². The molecule has 0 fully saturated rings. The second kappa shape index (κ2) is 6.60. The Morgan fingerprint density at radius 2 is 1.78 bits per heavy atom. The second-order valence-corrected chi connectivity index (χ2v) is 4.73. The van der Waals surface area contributed by atoms with Crippen LogP contribution in [-0.4, -0.2) is 12.1 Å². The van der Waals surface area contributed by atoms with Crippen molar-refractivity contribution >= 4 is 12.1 Å². The molecule has 7 heteroatoms. The Morgan fingerprint density at radius 3 is 2.39 bits per heavy atom. The van der Waals surface area contributed by atoms with Gasteiger partial charge in [0.1, 0.15) is 5.82 Å². The number of amides is 1. The highest BCUT2D eigenvalue weighted by Crippen LogP contribution is 2.29. The maximum atomic E-state index is 13.3. The molecule has 120 valence electrons. The van der Waals surface area contributed by atoms with E-state index in [-0.39, 0.29) is 5.56 Å². The largest absolute Gasteiger partial charge is 0.416 e. The van der Waals surface area contributed by atoms with E-state index >= 15 is 0 Å². The van der Waals surface area contributed by atoms with E-state index in [0.717, 1.165) is 24.3 Å². The third-order valence-corrected chi connectivity index (χ3v) is 3.15. The van der Waals surface area contributed by atoms with E-state index in [2.05, 4.69) is 10.5 Å². The molecule has 0 saturated heterocycles. The normalized spacial score (nSPS) is 11.7. The number of alkyl halides is 3. The van der Waals surface area contributed by atoms with Gasteiger partial charge in [-0.2, -0.15) is 18.3 Å². The summed E-state index contributed by atoms with van der Waals surface area (Å²) >= 11 is 0. The fourth-order valence-corrected chi connectivity index (χ4v) is 1.80. The lowest BCUT2D eigenvalue weighted by atomic mass is 10.1. The van der Waals surface area contributed by atoms with Crippen LogP contribution in [0.5, 0.6) is 0 Å². The third kappa shape index (κ3) is 4.15. The molecular weight excluding hydrogens is 312 g/mol. The Balaban J connectivity index is 2.05. The van der Waals surface area contributed by atoms with Crippen molar-refractivity contribution in [2.45, 2.75) is 13.1 Å². The number of hydrogen-bond acceptors (Lipinski definition) is 2. The summed E-state index contributed by atoms with van der Waals surface area (Å²) in [6.07, 6.45) is -3.19. The number of halogens is 4. The highest BCUT2D eigenvalue weighted by Gasteiger charge is 2.30. The predicted octanol–water partition coefficient (Wildman–Crippen LogP) is 3.92. The SMILES string of the molecule is Cc1c(F)cccc1C=NNC(=O)c1ccc(C(F)(F)F)cc1. The molecule has 0 radical (unpaired) electrons. The fraction of sp³-hybridized carbons (Fsp3) is 0.125. The van der Waals surface area contributed by atoms with Crippen molar-refractivity contribution < 1.29 is 22.4 Å². The summed E-state index contributed by atoms with van der Waals surface area (Å²) in [6, 6.07) is 8.16. The molecule has 2 aromatic rings. The fourth-order valence-electron chi connectivity index (χ4n) is 1.80. The molecular formula is C16H12F4N2O. The van der Waals surface area contributed by atoms with E-state index in [9.17, 15) is 22.4 Å². The van der Waals surface area contributed by atoms with E-state index in [1.54, 1.807) is 13.0 Å². The molecule has 0 heterocycles. The lowest BCUT2D eigenvalue weighted by Gasteiger charge is -2.07. The lowest BCUT2D eigenvalue weighted by molar-refractivity contribution is -0.137. The Bertz CT molecular complexity index is 737. The van der Waals surface area contributed by atoms with Gasteiger partial charge in [0.2, 0.25) is 0 Å². The molecule has 0 spiro atoms. The molecule has 0 aliphatic heterocycles. The molecule has 0 bridgehead atoms. The minimum absolute atomic E-state index is 0.0334. The van der Waals surface area contributed by atoms with Gasteiger partial charge in [-0.05, 0) is 42.8 Å². The van der Waals surface area contributed by atoms with Crippen molar-refractivity contribution in [2.75, 3.05) is 0 Å². The monoisotopic (exact) mass is 324 g/mol. The Kier molecular flexibility index (Phi) is 4.78. The van der Waals surface area contributed by atoms with Gasteiger partial charge in [-0.25, -0.2) is 9.82 Å². The molecule has 1 N–H and O–H groups in total. The van der Waals surface area contributed by atoms with Gasteiger partial charge in [-0.1, -0.05) is 12.1 Å². The number of carbonyl (C=O) groups excluding carboxylic acids is 1. The predicted molar refractivity (Wildman–Crippen MR) is 77.6 cm³/mol. The number of nitrogens with one attached hydrogen (secondary N) is 1. The van der Waals surface area contributed by atoms with Crippen LogP contribution in [0.2, 0.25) is 0 Å². The first kappa shape index (κ1) is 16.7. The number of hydrogen-bond donors (Lipinski definition) is 1. The summed E-state index contributed by atoms with van der Waals surface area (Å²) in [7, 11) is 0. The maximum absolute atomic E-state index is 13.3. The number of benzene rings is 2. The van der Waals surface area contributed by atoms with Crippen LogP contribution >= 0.6 is 0 Å². The topological polar surface area (TPSA) is 41.5 Å². The van der Waals surface area contributed by atoms with E-state index < -0.39 is 23.5 Å². The molecule has 3 nitrogen and oxygen atoms in total. The molecule has 0 unspecified atom stereocenters. The molecule has 23 heavy (non-hydrogen) atoms. The average Bonchev–Trinajstić information content (AvgIpc) is 2.50. The first-order valence-electron chi connectivity index (χ1n) is 6.55. The highest BCUT2D eigenvalue weighted by atomic mass is 19.4. The van der Waals surface area contributed by atoms with Crippen LogP contribution in [0.25, 0.3) is 0 Å². The summed E-state index contributed by atoms with van der Waals surface area (Å²) in [5, 5.41) is 3.68. The summed E-state index contributed by atoms with van der Waals surface area (Å²) in [5.74, 6) is -1.06. The van der Waals surface area contributed by atoms with Gasteiger partial charge >= 0.3 is 6.18 Å². The van der Waals surface area contributed by atoms with Crippen LogP contribution in [-0.2, 0) is 6.18 Å². The van der Waals surface area contributed by atoms with Crippen LogP contribution in [0, 0.1) is 12.7 Å². The van der Waals surface area contributed by atoms with Crippen molar-refractivity contribution in [2.24, 2.45) is 5.10 Å². The Morgan fingerprint density at radius 1 is 1.13 bits per heavy atom. The van der Waals surface area contributed by atoms with Crippen LogP contribution in [0.1, 0.15) is 27.0 Å². The van der Waals surface area contributed by atoms with E-state index in [1.807, 2.05) is 0 Å². The van der Waals surface area contributed by atoms with Crippen molar-refractivity contribution in [3.05, 3.63) is 70.5 Å². The minimum Gasteiger partial charge on any atom is -0.267 e. The molecule has 0 aromatic heterocycles. The van der Waals surface area contributed by atoms with Crippen LogP contribution < -0.4 is 5.43 Å². The lowest BCUT2D eigenvalue weighted by Crippen LogP contribution is -2.18. The highest BCUT2D eigenvalue weighted by molar-refractivity contribution is 5.95. The van der Waals surface area contributed by atoms with Crippen molar-refractivity contribution in [1.29, 1.82) is 0 Å². The average molecular weight is 324 g/mol. The van der Waals surface area contributed by atoms with Crippen molar-refractivity contribution in [3.63, 3.8) is 0 Å². The van der Waals surface area contributed by atoms with E-state index in [4.69, 9.17) is 0 Å². The van der Waals surface area contributed by atoms with Crippen molar-refractivity contribution in [3.8, 4) is 0 Å². The number of rotatable bonds is 3. The zero-order valence-corrected chi connectivity index (χ0v) is 12.0. The van der Waals surface area contributed by atoms with Crippen LogP contribution in [0.15, 0.2) is 47.6 Å². The molecule has 2 rings (SSSR count). The third-order valence-electron chi connectivity index (χ3n) is 3.15. The number of carbonyl (C=O) groups is 1. The standard InChI is InChI=1S/C16H12F4N2O/c1-10-12(3-2-4-14(10)17)9-21-22-15(23)11-5-7-13(8-6-11)16(18,19)20/h2-9H,1H3,(H,22,23). The summed E-state index contributed by atoms with van der Waals surface area (Å²) in [5.41, 5.74) is 2.23. The number of hydrazone groups is 1. The van der Waals surface area contributed by atoms with Gasteiger partial charge in [-0.15, -0.1) is 0 Å². The first-order chi connectivity index (χ1) is 10.8. The number of nitrogens with zero attached hydrogens (tertiary/aromatic N) is 1. The minimum atomic E-state index is -4.46. The van der Waals surface area contributed by atoms with Gasteiger partial charge in [0.25, 0.3) is 5.91 Å². The summed E-state index contributed by atoms with van der Waals surface area (Å²) < 4.78 is 50.6. The van der Waals surface area contributed by atoms with Crippen LogP contribution in [0.4, 0.5) is 17.6 Å². The molecule has 1 amide bonds. The van der Waals surface area contributed by atoms with E-state index in [0.29, 0.717) is 11.1 Å². The molecule has 0 saturated carbocycles. The van der Waals surface area contributed by atoms with Crippen LogP contribution in [0.3, 0.4) is 0 Å². The Labute approximate surface area is 129 Å². The van der Waals surface area contributed by atoms with Crippen molar-refractivity contribution in [1.82, 2.24) is 5.43 Å². The summed E-state index contributed by atoms with van der Waals surface area (Å²) in [4.78, 5) is 11.8. The first-order valence-corrected chi connectivity index (χ1v) is 6.55. The van der Waals surface area contributed by atoms with Gasteiger partial charge in [0.05, 0.1) is 11.8 Å². The second-order valence-electron chi connectivity index (χ2n) is 4.73. The quantitative estimate of drug-likeness (QED) is 0.519. The maximum Gasteiger partial charge on any atom is 0.416 e. The molecule has 2 aromatic carbocycles. The van der Waals surface area contributed by atoms with E-state index in [1.165, 1.54) is 18.3 Å². The molecule has 0 aliphatic carbocycles.